The molecular weight excluding hydrogens is 378 g/mol. The number of anilines is 1. The third kappa shape index (κ3) is 3.10. The van der Waals surface area contributed by atoms with Crippen LogP contribution in [0.3, 0.4) is 0 Å². The predicted molar refractivity (Wildman–Crippen MR) is 87.9 cm³/mol. The van der Waals surface area contributed by atoms with Crippen molar-refractivity contribution in [2.45, 2.75) is 11.8 Å². The Morgan fingerprint density at radius 3 is 2.54 bits per heavy atom. The molecule has 7 nitrogen and oxygen atoms in total. The van der Waals surface area contributed by atoms with Gasteiger partial charge in [-0.05, 0) is 24.4 Å². The maximum Gasteiger partial charge on any atom is 0.267 e. The summed E-state index contributed by atoms with van der Waals surface area (Å²) in [5, 5.41) is 3.97. The molecule has 1 amide bonds. The number of hydrogen-bond donors (Lipinski definition) is 1. The normalized spacial score (nSPS) is 12.9. The highest BCUT2D eigenvalue weighted by Crippen LogP contribution is 2.37. The Morgan fingerprint density at radius 1 is 1.25 bits per heavy atom. The minimum absolute atomic E-state index is 0.0175. The Labute approximate surface area is 145 Å². The Balaban J connectivity index is 1.99. The van der Waals surface area contributed by atoms with Gasteiger partial charge in [-0.1, -0.05) is 0 Å². The highest BCUT2D eigenvalue weighted by Gasteiger charge is 2.25. The van der Waals surface area contributed by atoms with Gasteiger partial charge in [-0.2, -0.15) is 0 Å². The van der Waals surface area contributed by atoms with Gasteiger partial charge in [-0.15, -0.1) is 11.3 Å². The van der Waals surface area contributed by atoms with Crippen LogP contribution in [0.2, 0.25) is 0 Å². The van der Waals surface area contributed by atoms with Crippen LogP contribution in [0, 0.1) is 0 Å². The fourth-order valence-electron chi connectivity index (χ4n) is 2.17. The summed E-state index contributed by atoms with van der Waals surface area (Å²) in [6.45, 7) is 1.36. The van der Waals surface area contributed by atoms with Crippen molar-refractivity contribution in [3.8, 4) is 11.5 Å². The molecule has 0 aliphatic carbocycles. The Kier molecular flexibility index (Phi) is 4.24. The monoisotopic (exact) mass is 387 g/mol. The second-order valence-corrected chi connectivity index (χ2v) is 8.26. The first-order valence-corrected chi connectivity index (χ1v) is 9.74. The molecule has 1 aliphatic rings. The lowest BCUT2D eigenvalue weighted by molar-refractivity contribution is 0.101. The number of carbonyl (C=O) groups is 2. The number of halogens is 1. The first-order chi connectivity index (χ1) is 11.3. The van der Waals surface area contributed by atoms with E-state index < -0.39 is 15.0 Å². The molecule has 10 heteroatoms. The SMILES string of the molecule is CC(=O)c1cc2c(cc1NC(=O)c1sccc1S(=O)(=O)Cl)OCO2. The van der Waals surface area contributed by atoms with Crippen LogP contribution < -0.4 is 14.8 Å². The van der Waals surface area contributed by atoms with E-state index in [0.717, 1.165) is 11.3 Å². The number of benzene rings is 1. The standard InChI is InChI=1S/C14H10ClNO6S2/c1-7(17)8-4-10-11(22-6-21-10)5-9(8)16-14(18)13-12(2-3-23-13)24(15,19)20/h2-5H,6H2,1H3,(H,16,18). The Hall–Kier alpha value is -2.10. The van der Waals surface area contributed by atoms with Crippen LogP contribution in [0.5, 0.6) is 11.5 Å². The number of amides is 1. The summed E-state index contributed by atoms with van der Waals surface area (Å²) in [4.78, 5) is 23.9. The van der Waals surface area contributed by atoms with E-state index in [-0.39, 0.29) is 33.6 Å². The topological polar surface area (TPSA) is 98.8 Å². The molecule has 0 saturated heterocycles. The van der Waals surface area contributed by atoms with Crippen LogP contribution in [0.25, 0.3) is 0 Å². The molecule has 24 heavy (non-hydrogen) atoms. The fourth-order valence-corrected chi connectivity index (χ4v) is 4.48. The van der Waals surface area contributed by atoms with E-state index in [9.17, 15) is 18.0 Å². The minimum atomic E-state index is -4.05. The Morgan fingerprint density at radius 2 is 1.92 bits per heavy atom. The zero-order valence-electron chi connectivity index (χ0n) is 12.2. The highest BCUT2D eigenvalue weighted by atomic mass is 35.7. The molecule has 0 saturated carbocycles. The number of thiophene rings is 1. The molecule has 0 unspecified atom stereocenters. The van der Waals surface area contributed by atoms with Crippen molar-refractivity contribution < 1.29 is 27.5 Å². The fraction of sp³-hybridized carbons (Fsp3) is 0.143. The second kappa shape index (κ2) is 6.08. The van der Waals surface area contributed by atoms with Gasteiger partial charge in [0.1, 0.15) is 9.77 Å². The number of carbonyl (C=O) groups excluding carboxylic acids is 2. The van der Waals surface area contributed by atoms with Gasteiger partial charge in [0.2, 0.25) is 6.79 Å². The number of ether oxygens (including phenoxy) is 2. The largest absolute Gasteiger partial charge is 0.454 e. The zero-order valence-corrected chi connectivity index (χ0v) is 14.5. The van der Waals surface area contributed by atoms with E-state index in [1.807, 2.05) is 0 Å². The smallest absolute Gasteiger partial charge is 0.267 e. The van der Waals surface area contributed by atoms with Crippen LogP contribution in [-0.2, 0) is 9.05 Å². The molecular formula is C14H10ClNO6S2. The van der Waals surface area contributed by atoms with Gasteiger partial charge in [-0.3, -0.25) is 9.59 Å². The van der Waals surface area contributed by atoms with Gasteiger partial charge in [-0.25, -0.2) is 8.42 Å². The molecule has 0 radical (unpaired) electrons. The van der Waals surface area contributed by atoms with Gasteiger partial charge in [0, 0.05) is 22.3 Å². The summed E-state index contributed by atoms with van der Waals surface area (Å²) in [5.41, 5.74) is 0.419. The van der Waals surface area contributed by atoms with E-state index in [1.165, 1.54) is 30.5 Å². The van der Waals surface area contributed by atoms with Crippen molar-refractivity contribution in [3.63, 3.8) is 0 Å². The molecule has 2 heterocycles. The molecule has 1 N–H and O–H groups in total. The maximum absolute atomic E-state index is 12.4. The molecule has 1 aromatic carbocycles. The molecule has 126 valence electrons. The molecule has 3 rings (SSSR count). The van der Waals surface area contributed by atoms with E-state index in [1.54, 1.807) is 0 Å². The Bertz CT molecular complexity index is 950. The molecule has 2 aromatic rings. The number of fused-ring (bicyclic) bond motifs is 1. The highest BCUT2D eigenvalue weighted by molar-refractivity contribution is 8.13. The number of Topliss-reactive ketones (excluding diaryl/α,β-unsaturated/α-hetero) is 1. The molecule has 0 atom stereocenters. The second-order valence-electron chi connectivity index (χ2n) is 4.81. The molecule has 0 spiro atoms. The predicted octanol–water partition coefficient (Wildman–Crippen LogP) is 2.86. The van der Waals surface area contributed by atoms with Crippen molar-refractivity contribution in [2.75, 3.05) is 12.1 Å². The summed E-state index contributed by atoms with van der Waals surface area (Å²) < 4.78 is 33.4. The lowest BCUT2D eigenvalue weighted by Gasteiger charge is -2.10. The molecule has 1 aromatic heterocycles. The average molecular weight is 388 g/mol. The van der Waals surface area contributed by atoms with Gasteiger partial charge < -0.3 is 14.8 Å². The first-order valence-electron chi connectivity index (χ1n) is 6.55. The van der Waals surface area contributed by atoms with Crippen LogP contribution in [0.4, 0.5) is 5.69 Å². The lowest BCUT2D eigenvalue weighted by atomic mass is 10.1. The van der Waals surface area contributed by atoms with Crippen molar-refractivity contribution in [3.05, 3.63) is 34.0 Å². The van der Waals surface area contributed by atoms with E-state index >= 15 is 0 Å². The summed E-state index contributed by atoms with van der Waals surface area (Å²) >= 11 is 0.927. The van der Waals surface area contributed by atoms with Crippen LogP contribution >= 0.6 is 22.0 Å². The lowest BCUT2D eigenvalue weighted by Crippen LogP contribution is -2.15. The van der Waals surface area contributed by atoms with E-state index in [0.29, 0.717) is 11.5 Å². The summed E-state index contributed by atoms with van der Waals surface area (Å²) in [6.07, 6.45) is 0. The van der Waals surface area contributed by atoms with Crippen LogP contribution in [0.1, 0.15) is 27.0 Å². The third-order valence-corrected chi connectivity index (χ3v) is 5.64. The van der Waals surface area contributed by atoms with E-state index in [2.05, 4.69) is 5.32 Å². The van der Waals surface area contributed by atoms with Crippen molar-refractivity contribution in [2.24, 2.45) is 0 Å². The van der Waals surface area contributed by atoms with E-state index in [4.69, 9.17) is 20.2 Å². The number of hydrogen-bond acceptors (Lipinski definition) is 7. The zero-order chi connectivity index (χ0) is 17.5. The van der Waals surface area contributed by atoms with Gasteiger partial charge in [0.25, 0.3) is 15.0 Å². The number of ketones is 1. The quantitative estimate of drug-likeness (QED) is 0.639. The number of nitrogens with one attached hydrogen (secondary N) is 1. The van der Waals surface area contributed by atoms with Crippen molar-refractivity contribution in [1.82, 2.24) is 0 Å². The summed E-state index contributed by atoms with van der Waals surface area (Å²) in [7, 11) is 1.27. The summed E-state index contributed by atoms with van der Waals surface area (Å²) in [5.74, 6) is -0.199. The van der Waals surface area contributed by atoms with Crippen LogP contribution in [0.15, 0.2) is 28.5 Å². The molecule has 1 aliphatic heterocycles. The van der Waals surface area contributed by atoms with Gasteiger partial charge >= 0.3 is 0 Å². The van der Waals surface area contributed by atoms with Gasteiger partial charge in [0.05, 0.1) is 5.69 Å². The maximum atomic E-state index is 12.4. The van der Waals surface area contributed by atoms with Crippen molar-refractivity contribution >= 4 is 48.4 Å². The van der Waals surface area contributed by atoms with Crippen LogP contribution in [-0.4, -0.2) is 26.9 Å². The minimum Gasteiger partial charge on any atom is -0.454 e. The average Bonchev–Trinajstić information content (AvgIpc) is 3.14. The van der Waals surface area contributed by atoms with Crippen molar-refractivity contribution in [1.29, 1.82) is 0 Å². The van der Waals surface area contributed by atoms with Gasteiger partial charge in [0.15, 0.2) is 17.3 Å². The first kappa shape index (κ1) is 16.7. The summed E-state index contributed by atoms with van der Waals surface area (Å²) in [6, 6.07) is 4.17. The number of rotatable bonds is 4. The molecule has 0 fully saturated rings. The molecule has 0 bridgehead atoms. The third-order valence-electron chi connectivity index (χ3n) is 3.24.